The van der Waals surface area contributed by atoms with E-state index in [2.05, 4.69) is 58.3 Å². The van der Waals surface area contributed by atoms with Crippen LogP contribution in [0.1, 0.15) is 30.9 Å². The summed E-state index contributed by atoms with van der Waals surface area (Å²) in [7, 11) is 3.93. The van der Waals surface area contributed by atoms with Gasteiger partial charge in [0.15, 0.2) is 5.96 Å². The first-order valence-electron chi connectivity index (χ1n) is 9.97. The molecule has 0 amide bonds. The molecule has 1 saturated carbocycles. The van der Waals surface area contributed by atoms with Crippen LogP contribution in [0.15, 0.2) is 29.3 Å². The molecule has 3 rings (SSSR count). The van der Waals surface area contributed by atoms with Gasteiger partial charge >= 0.3 is 0 Å². The minimum atomic E-state index is 0.472. The lowest BCUT2D eigenvalue weighted by atomic mass is 9.99. The van der Waals surface area contributed by atoms with E-state index in [1.165, 1.54) is 24.0 Å². The maximum Gasteiger partial charge on any atom is 0.193 e. The van der Waals surface area contributed by atoms with Crippen molar-refractivity contribution < 1.29 is 4.74 Å². The molecule has 1 aromatic carbocycles. The van der Waals surface area contributed by atoms with E-state index in [-0.39, 0.29) is 0 Å². The summed E-state index contributed by atoms with van der Waals surface area (Å²) in [6.07, 6.45) is 3.84. The fourth-order valence-electron chi connectivity index (χ4n) is 3.49. The van der Waals surface area contributed by atoms with Gasteiger partial charge < -0.3 is 15.0 Å². The average Bonchev–Trinajstić information content (AvgIpc) is 3.49. The Morgan fingerprint density at radius 1 is 1.35 bits per heavy atom. The molecule has 1 heterocycles. The Labute approximate surface area is 158 Å². The van der Waals surface area contributed by atoms with Gasteiger partial charge in [0.05, 0.1) is 6.61 Å². The van der Waals surface area contributed by atoms with E-state index in [9.17, 15) is 0 Å². The average molecular weight is 359 g/mol. The van der Waals surface area contributed by atoms with Gasteiger partial charge in [-0.2, -0.15) is 0 Å². The summed E-state index contributed by atoms with van der Waals surface area (Å²) in [5, 5.41) is 3.53. The fraction of sp³-hybridized carbons (Fsp3) is 0.667. The Bertz CT molecular complexity index is 599. The number of hydrogen-bond acceptors (Lipinski definition) is 3. The third-order valence-electron chi connectivity index (χ3n) is 5.53. The second-order valence-corrected chi connectivity index (χ2v) is 7.71. The summed E-state index contributed by atoms with van der Waals surface area (Å²) in [4.78, 5) is 9.14. The van der Waals surface area contributed by atoms with Crippen molar-refractivity contribution in [3.05, 3.63) is 35.4 Å². The monoisotopic (exact) mass is 358 g/mol. The number of aliphatic imine (C=N–C) groups is 1. The summed E-state index contributed by atoms with van der Waals surface area (Å²) in [6, 6.07) is 9.29. The highest BCUT2D eigenvalue weighted by molar-refractivity contribution is 5.79. The van der Waals surface area contributed by atoms with E-state index in [0.717, 1.165) is 57.7 Å². The van der Waals surface area contributed by atoms with Gasteiger partial charge in [-0.15, -0.1) is 0 Å². The van der Waals surface area contributed by atoms with Gasteiger partial charge in [0, 0.05) is 52.9 Å². The number of fused-ring (bicyclic) bond motifs is 1. The zero-order chi connectivity index (χ0) is 18.4. The van der Waals surface area contributed by atoms with Gasteiger partial charge in [-0.25, -0.2) is 0 Å². The number of benzene rings is 1. The quantitative estimate of drug-likeness (QED) is 0.440. The molecular weight excluding hydrogens is 324 g/mol. The van der Waals surface area contributed by atoms with Crippen molar-refractivity contribution in [1.82, 2.24) is 15.1 Å². The molecule has 1 aliphatic carbocycles. The highest BCUT2D eigenvalue weighted by atomic mass is 16.5. The third-order valence-corrected chi connectivity index (χ3v) is 5.53. The Balaban J connectivity index is 1.39. The Morgan fingerprint density at radius 3 is 2.85 bits per heavy atom. The molecule has 144 valence electrons. The van der Waals surface area contributed by atoms with Crippen LogP contribution in [-0.4, -0.2) is 68.7 Å². The van der Waals surface area contributed by atoms with E-state index in [4.69, 9.17) is 4.74 Å². The molecule has 0 saturated heterocycles. The summed E-state index contributed by atoms with van der Waals surface area (Å²) >= 11 is 0. The van der Waals surface area contributed by atoms with Crippen LogP contribution in [0.3, 0.4) is 0 Å². The SMILES string of the molecule is CN=C(NCC(C)N1CCc2ccccc2C1)N(C)CCOCC1CC1. The molecule has 1 aromatic rings. The predicted octanol–water partition coefficient (Wildman–Crippen LogP) is 2.37. The first-order chi connectivity index (χ1) is 12.7. The normalized spacial score (nSPS) is 19.1. The Hall–Kier alpha value is -1.59. The van der Waals surface area contributed by atoms with Crippen molar-refractivity contribution in [2.45, 2.75) is 38.8 Å². The van der Waals surface area contributed by atoms with Gasteiger partial charge in [0.1, 0.15) is 0 Å². The molecule has 2 aliphatic rings. The largest absolute Gasteiger partial charge is 0.379 e. The lowest BCUT2D eigenvalue weighted by Crippen LogP contribution is -2.48. The van der Waals surface area contributed by atoms with E-state index < -0.39 is 0 Å². The van der Waals surface area contributed by atoms with Gasteiger partial charge in [-0.3, -0.25) is 9.89 Å². The van der Waals surface area contributed by atoms with Gasteiger partial charge in [0.25, 0.3) is 0 Å². The van der Waals surface area contributed by atoms with Crippen LogP contribution in [0.5, 0.6) is 0 Å². The van der Waals surface area contributed by atoms with Gasteiger partial charge in [-0.1, -0.05) is 24.3 Å². The molecule has 1 fully saturated rings. The zero-order valence-electron chi connectivity index (χ0n) is 16.6. The van der Waals surface area contributed by atoms with E-state index in [0.29, 0.717) is 6.04 Å². The molecule has 5 nitrogen and oxygen atoms in total. The summed E-state index contributed by atoms with van der Waals surface area (Å²) < 4.78 is 5.74. The van der Waals surface area contributed by atoms with Crippen LogP contribution in [0.2, 0.25) is 0 Å². The topological polar surface area (TPSA) is 40.1 Å². The standard InChI is InChI=1S/C21H34N4O/c1-17(25-11-10-19-6-4-5-7-20(19)15-25)14-23-21(22-2)24(3)12-13-26-16-18-8-9-18/h4-7,17-18H,8-16H2,1-3H3,(H,22,23). The van der Waals surface area contributed by atoms with E-state index >= 15 is 0 Å². The van der Waals surface area contributed by atoms with E-state index in [1.54, 1.807) is 0 Å². The van der Waals surface area contributed by atoms with Crippen LogP contribution in [0.4, 0.5) is 0 Å². The molecule has 26 heavy (non-hydrogen) atoms. The number of likely N-dealkylation sites (N-methyl/N-ethyl adjacent to an activating group) is 1. The number of ether oxygens (including phenoxy) is 1. The van der Waals surface area contributed by atoms with Crippen molar-refractivity contribution >= 4 is 5.96 Å². The molecule has 1 aliphatic heterocycles. The van der Waals surface area contributed by atoms with E-state index in [1.807, 2.05) is 7.05 Å². The smallest absolute Gasteiger partial charge is 0.193 e. The zero-order valence-corrected chi connectivity index (χ0v) is 16.6. The van der Waals surface area contributed by atoms with Crippen LogP contribution in [-0.2, 0) is 17.7 Å². The Kier molecular flexibility index (Phi) is 6.92. The summed E-state index contributed by atoms with van der Waals surface area (Å²) in [5.41, 5.74) is 2.98. The highest BCUT2D eigenvalue weighted by Crippen LogP contribution is 2.28. The van der Waals surface area contributed by atoms with Crippen LogP contribution < -0.4 is 5.32 Å². The van der Waals surface area contributed by atoms with Crippen LogP contribution in [0.25, 0.3) is 0 Å². The Morgan fingerprint density at radius 2 is 2.12 bits per heavy atom. The van der Waals surface area contributed by atoms with Crippen molar-refractivity contribution in [1.29, 1.82) is 0 Å². The number of rotatable bonds is 8. The molecule has 0 spiro atoms. The van der Waals surface area contributed by atoms with Crippen molar-refractivity contribution in [3.8, 4) is 0 Å². The molecule has 1 atom stereocenters. The predicted molar refractivity (Wildman–Crippen MR) is 108 cm³/mol. The minimum Gasteiger partial charge on any atom is -0.379 e. The van der Waals surface area contributed by atoms with Crippen LogP contribution >= 0.6 is 0 Å². The first kappa shape index (κ1) is 19.2. The molecule has 1 N–H and O–H groups in total. The molecule has 0 radical (unpaired) electrons. The second kappa shape index (κ2) is 9.38. The molecule has 0 bridgehead atoms. The lowest BCUT2D eigenvalue weighted by molar-refractivity contribution is 0.115. The third kappa shape index (κ3) is 5.45. The minimum absolute atomic E-state index is 0.472. The first-order valence-corrected chi connectivity index (χ1v) is 9.97. The summed E-state index contributed by atoms with van der Waals surface area (Å²) in [6.45, 7) is 7.94. The van der Waals surface area contributed by atoms with Gasteiger partial charge in [0.2, 0.25) is 0 Å². The molecule has 0 aromatic heterocycles. The molecule has 5 heteroatoms. The lowest BCUT2D eigenvalue weighted by Gasteiger charge is -2.34. The van der Waals surface area contributed by atoms with Crippen LogP contribution in [0, 0.1) is 5.92 Å². The fourth-order valence-corrected chi connectivity index (χ4v) is 3.49. The maximum atomic E-state index is 5.74. The summed E-state index contributed by atoms with van der Waals surface area (Å²) in [5.74, 6) is 1.78. The van der Waals surface area contributed by atoms with Crippen molar-refractivity contribution in [2.24, 2.45) is 10.9 Å². The number of hydrogen-bond donors (Lipinski definition) is 1. The van der Waals surface area contributed by atoms with Crippen molar-refractivity contribution in [2.75, 3.05) is 46.9 Å². The number of nitrogens with zero attached hydrogens (tertiary/aromatic N) is 3. The maximum absolute atomic E-state index is 5.74. The van der Waals surface area contributed by atoms with Crippen molar-refractivity contribution in [3.63, 3.8) is 0 Å². The van der Waals surface area contributed by atoms with Gasteiger partial charge in [-0.05, 0) is 43.2 Å². The number of nitrogens with one attached hydrogen (secondary N) is 1. The number of guanidine groups is 1. The second-order valence-electron chi connectivity index (χ2n) is 7.71. The molecular formula is C21H34N4O. The molecule has 1 unspecified atom stereocenters. The highest BCUT2D eigenvalue weighted by Gasteiger charge is 2.22.